The second kappa shape index (κ2) is 6.96. The summed E-state index contributed by atoms with van der Waals surface area (Å²) in [6, 6.07) is 0. The third kappa shape index (κ3) is 5.98. The molecule has 0 aromatic carbocycles. The Morgan fingerprint density at radius 2 is 2.20 bits per heavy atom. The molecule has 0 unspecified atom stereocenters. The first-order valence-electron chi connectivity index (χ1n) is 3.03. The van der Waals surface area contributed by atoms with Crippen LogP contribution in [0.25, 0.3) is 0 Å². The molecule has 0 fully saturated rings. The Bertz CT molecular complexity index is 105. The number of nitrogens with zero attached hydrogens (tertiary/aromatic N) is 1. The Kier molecular flexibility index (Phi) is 6.86. The average molecular weight is 184 g/mol. The second-order valence-electron chi connectivity index (χ2n) is 1.76. The highest BCUT2D eigenvalue weighted by Crippen LogP contribution is 1.91. The van der Waals surface area contributed by atoms with Crippen LogP contribution in [0.15, 0.2) is 4.99 Å². The summed E-state index contributed by atoms with van der Waals surface area (Å²) in [5, 5.41) is 0. The number of hydrogen-bond acceptors (Lipinski definition) is 1. The van der Waals surface area contributed by atoms with Gasteiger partial charge in [0.15, 0.2) is 0 Å². The van der Waals surface area contributed by atoms with Gasteiger partial charge in [-0.15, -0.1) is 11.6 Å². The highest BCUT2D eigenvalue weighted by Gasteiger charge is 1.86. The fraction of sp³-hybridized carbons (Fsp3) is 0.800. The third-order valence-corrected chi connectivity index (χ3v) is 1.38. The van der Waals surface area contributed by atoms with Gasteiger partial charge in [0.25, 0.3) is 0 Å². The number of nitrogens with one attached hydrogen (secondary N) is 1. The van der Waals surface area contributed by atoms with Gasteiger partial charge < -0.3 is 5.73 Å². The Balaban J connectivity index is 3.16. The summed E-state index contributed by atoms with van der Waals surface area (Å²) in [5.41, 5.74) is 5.23. The maximum Gasteiger partial charge on any atom is 0.203 e. The molecule has 0 radical (unpaired) electrons. The van der Waals surface area contributed by atoms with E-state index in [1.807, 2.05) is 0 Å². The molecule has 0 spiro atoms. The minimum Gasteiger partial charge on any atom is -0.369 e. The number of unbranched alkanes of at least 4 members (excludes halogenated alkanes) is 1. The Morgan fingerprint density at radius 1 is 1.50 bits per heavy atom. The van der Waals surface area contributed by atoms with Crippen molar-refractivity contribution in [1.82, 2.24) is 4.84 Å². The van der Waals surface area contributed by atoms with Gasteiger partial charge in [-0.3, -0.25) is 9.83 Å². The number of halogens is 2. The van der Waals surface area contributed by atoms with Crippen molar-refractivity contribution in [3.05, 3.63) is 0 Å². The molecule has 0 aliphatic rings. The molecule has 60 valence electrons. The van der Waals surface area contributed by atoms with E-state index < -0.39 is 0 Å². The van der Waals surface area contributed by atoms with E-state index in [2.05, 4.69) is 9.83 Å². The molecule has 3 N–H and O–H groups in total. The smallest absolute Gasteiger partial charge is 0.203 e. The van der Waals surface area contributed by atoms with Gasteiger partial charge in [-0.25, -0.2) is 0 Å². The van der Waals surface area contributed by atoms with E-state index in [-0.39, 0.29) is 5.96 Å². The largest absolute Gasteiger partial charge is 0.369 e. The zero-order valence-corrected chi connectivity index (χ0v) is 7.12. The summed E-state index contributed by atoms with van der Waals surface area (Å²) >= 11 is 10.6. The van der Waals surface area contributed by atoms with Crippen LogP contribution in [0, 0.1) is 0 Å². The lowest BCUT2D eigenvalue weighted by Crippen LogP contribution is -2.23. The summed E-state index contributed by atoms with van der Waals surface area (Å²) in [6.45, 7) is 0.679. The topological polar surface area (TPSA) is 50.4 Å². The van der Waals surface area contributed by atoms with Crippen LogP contribution in [0.2, 0.25) is 0 Å². The maximum atomic E-state index is 5.43. The monoisotopic (exact) mass is 183 g/mol. The summed E-state index contributed by atoms with van der Waals surface area (Å²) < 4.78 is 0. The number of alkyl halides is 1. The van der Waals surface area contributed by atoms with Gasteiger partial charge >= 0.3 is 0 Å². The van der Waals surface area contributed by atoms with Crippen LogP contribution in [-0.4, -0.2) is 18.4 Å². The van der Waals surface area contributed by atoms with Gasteiger partial charge in [0.1, 0.15) is 0 Å². The van der Waals surface area contributed by atoms with Crippen molar-refractivity contribution in [3.63, 3.8) is 0 Å². The molecule has 5 heteroatoms. The molecule has 0 rings (SSSR count). The van der Waals surface area contributed by atoms with E-state index in [1.54, 1.807) is 0 Å². The van der Waals surface area contributed by atoms with Gasteiger partial charge in [-0.1, -0.05) is 0 Å². The van der Waals surface area contributed by atoms with E-state index in [0.717, 1.165) is 12.8 Å². The van der Waals surface area contributed by atoms with Crippen LogP contribution < -0.4 is 10.6 Å². The number of hydrogen-bond donors (Lipinski definition) is 2. The molecule has 0 aromatic rings. The van der Waals surface area contributed by atoms with Crippen molar-refractivity contribution >= 4 is 29.3 Å². The van der Waals surface area contributed by atoms with E-state index in [4.69, 9.17) is 29.1 Å². The summed E-state index contributed by atoms with van der Waals surface area (Å²) in [6.07, 6.45) is 1.91. The van der Waals surface area contributed by atoms with Gasteiger partial charge in [0.2, 0.25) is 5.96 Å². The molecule has 0 saturated heterocycles. The first-order valence-corrected chi connectivity index (χ1v) is 3.95. The lowest BCUT2D eigenvalue weighted by molar-refractivity contribution is 0.809. The SMILES string of the molecule is NC(=NCCCCCl)NCl. The quantitative estimate of drug-likeness (QED) is 0.225. The first kappa shape index (κ1) is 9.85. The molecule has 0 atom stereocenters. The predicted molar refractivity (Wildman–Crippen MR) is 45.4 cm³/mol. The van der Waals surface area contributed by atoms with E-state index in [0.29, 0.717) is 12.4 Å². The molecule has 0 bridgehead atoms. The van der Waals surface area contributed by atoms with E-state index >= 15 is 0 Å². The standard InChI is InChI=1S/C5H11Cl2N3/c6-3-1-2-4-9-5(8)10-7/h1-4H2,(H3,8,9,10). The van der Waals surface area contributed by atoms with E-state index in [9.17, 15) is 0 Å². The van der Waals surface area contributed by atoms with Gasteiger partial charge in [-0.2, -0.15) is 0 Å². The van der Waals surface area contributed by atoms with Gasteiger partial charge in [0.05, 0.1) is 0 Å². The lowest BCUT2D eigenvalue weighted by Gasteiger charge is -1.95. The van der Waals surface area contributed by atoms with Crippen molar-refractivity contribution < 1.29 is 0 Å². The number of rotatable bonds is 4. The maximum absolute atomic E-state index is 5.43. The molecule has 0 aliphatic carbocycles. The predicted octanol–water partition coefficient (Wildman–Crippen LogP) is 1.06. The van der Waals surface area contributed by atoms with Crippen molar-refractivity contribution in [1.29, 1.82) is 0 Å². The fourth-order valence-electron chi connectivity index (χ4n) is 0.436. The molecule has 0 heterocycles. The van der Waals surface area contributed by atoms with Gasteiger partial charge in [0, 0.05) is 24.2 Å². The van der Waals surface area contributed by atoms with Crippen LogP contribution in [0.5, 0.6) is 0 Å². The van der Waals surface area contributed by atoms with Crippen LogP contribution in [0.4, 0.5) is 0 Å². The Labute approximate surface area is 70.7 Å². The number of aliphatic imine (C=N–C) groups is 1. The molecule has 0 saturated carbocycles. The molecule has 10 heavy (non-hydrogen) atoms. The summed E-state index contributed by atoms with van der Waals surface area (Å²) in [4.78, 5) is 6.08. The minimum absolute atomic E-state index is 0.260. The first-order chi connectivity index (χ1) is 4.81. The van der Waals surface area contributed by atoms with Crippen molar-refractivity contribution in [2.75, 3.05) is 12.4 Å². The molecule has 0 aromatic heterocycles. The fourth-order valence-corrected chi connectivity index (χ4v) is 0.684. The second-order valence-corrected chi connectivity index (χ2v) is 2.32. The highest BCUT2D eigenvalue weighted by atomic mass is 35.5. The number of nitrogens with two attached hydrogens (primary N) is 1. The normalized spacial score (nSPS) is 11.6. The Hall–Kier alpha value is -0.150. The zero-order chi connectivity index (χ0) is 7.82. The number of guanidine groups is 1. The molecule has 0 aliphatic heterocycles. The van der Waals surface area contributed by atoms with Crippen LogP contribution in [0.3, 0.4) is 0 Å². The van der Waals surface area contributed by atoms with Gasteiger partial charge in [-0.05, 0) is 12.8 Å². The van der Waals surface area contributed by atoms with Crippen LogP contribution in [0.1, 0.15) is 12.8 Å². The zero-order valence-electron chi connectivity index (χ0n) is 5.61. The van der Waals surface area contributed by atoms with Crippen molar-refractivity contribution in [3.8, 4) is 0 Å². The van der Waals surface area contributed by atoms with Crippen molar-refractivity contribution in [2.24, 2.45) is 10.7 Å². The average Bonchev–Trinajstić information content (AvgIpc) is 1.98. The minimum atomic E-state index is 0.260. The summed E-state index contributed by atoms with van der Waals surface area (Å²) in [5.74, 6) is 0.931. The van der Waals surface area contributed by atoms with Crippen LogP contribution >= 0.6 is 23.4 Å². The van der Waals surface area contributed by atoms with E-state index in [1.165, 1.54) is 0 Å². The third-order valence-electron chi connectivity index (χ3n) is 0.921. The lowest BCUT2D eigenvalue weighted by atomic mass is 10.3. The highest BCUT2D eigenvalue weighted by molar-refractivity contribution is 6.21. The molecular formula is C5H11Cl2N3. The van der Waals surface area contributed by atoms with Crippen LogP contribution in [-0.2, 0) is 0 Å². The molecule has 0 amide bonds. The van der Waals surface area contributed by atoms with Crippen molar-refractivity contribution in [2.45, 2.75) is 12.8 Å². The summed E-state index contributed by atoms with van der Waals surface area (Å²) in [7, 11) is 0. The molecule has 3 nitrogen and oxygen atoms in total. The molecular weight excluding hydrogens is 173 g/mol. The Morgan fingerprint density at radius 3 is 2.70 bits per heavy atom.